The first kappa shape index (κ1) is 13.3. The lowest BCUT2D eigenvalue weighted by Gasteiger charge is -2.16. The van der Waals surface area contributed by atoms with Gasteiger partial charge in [-0.15, -0.1) is 0 Å². The molecule has 17 heavy (non-hydrogen) atoms. The van der Waals surface area contributed by atoms with Crippen molar-refractivity contribution in [3.05, 3.63) is 23.8 Å². The van der Waals surface area contributed by atoms with Gasteiger partial charge < -0.3 is 20.9 Å². The molecule has 1 rings (SSSR count). The van der Waals surface area contributed by atoms with E-state index in [4.69, 9.17) is 15.6 Å². The Bertz CT molecular complexity index is 393. The maximum Gasteiger partial charge on any atom is 0.335 e. The van der Waals surface area contributed by atoms with E-state index in [1.807, 2.05) is 6.92 Å². The van der Waals surface area contributed by atoms with Crippen molar-refractivity contribution >= 4 is 17.3 Å². The topological polar surface area (TPSA) is 84.6 Å². The highest BCUT2D eigenvalue weighted by Crippen LogP contribution is 2.21. The molecule has 0 aliphatic carbocycles. The van der Waals surface area contributed by atoms with Crippen LogP contribution in [0.25, 0.3) is 0 Å². The molecule has 0 aliphatic rings. The molecule has 1 atom stereocenters. The fourth-order valence-corrected chi connectivity index (χ4v) is 1.46. The molecular formula is C12H18N2O3. The molecule has 0 saturated heterocycles. The predicted molar refractivity (Wildman–Crippen MR) is 67.4 cm³/mol. The fourth-order valence-electron chi connectivity index (χ4n) is 1.46. The Hall–Kier alpha value is -1.75. The minimum absolute atomic E-state index is 0.192. The number of benzene rings is 1. The number of anilines is 2. The molecule has 1 aromatic rings. The smallest absolute Gasteiger partial charge is 0.335 e. The van der Waals surface area contributed by atoms with Crippen LogP contribution in [0.15, 0.2) is 18.2 Å². The maximum atomic E-state index is 10.7. The van der Waals surface area contributed by atoms with E-state index < -0.39 is 5.97 Å². The molecule has 1 unspecified atom stereocenters. The maximum absolute atomic E-state index is 10.7. The van der Waals surface area contributed by atoms with Crippen LogP contribution < -0.4 is 11.1 Å². The van der Waals surface area contributed by atoms with E-state index in [1.54, 1.807) is 13.2 Å². The Balaban J connectivity index is 2.69. The van der Waals surface area contributed by atoms with Crippen LogP contribution >= 0.6 is 0 Å². The summed E-state index contributed by atoms with van der Waals surface area (Å²) in [5.74, 6) is -0.976. The van der Waals surface area contributed by atoms with Crippen molar-refractivity contribution in [2.75, 3.05) is 24.8 Å². The Labute approximate surface area is 101 Å². The zero-order valence-corrected chi connectivity index (χ0v) is 10.1. The second-order valence-electron chi connectivity index (χ2n) is 3.93. The van der Waals surface area contributed by atoms with E-state index in [9.17, 15) is 4.79 Å². The molecule has 0 radical (unpaired) electrons. The molecule has 0 saturated carbocycles. The summed E-state index contributed by atoms with van der Waals surface area (Å²) in [6.45, 7) is 2.69. The number of rotatable bonds is 6. The molecule has 0 heterocycles. The summed E-state index contributed by atoms with van der Waals surface area (Å²) in [6.07, 6.45) is 0.858. The third-order valence-electron chi connectivity index (χ3n) is 2.46. The Kier molecular flexibility index (Phi) is 4.78. The number of carboxylic acid groups (broad SMARTS) is 1. The highest BCUT2D eigenvalue weighted by Gasteiger charge is 2.08. The number of carboxylic acids is 1. The standard InChI is InChI=1S/C12H18N2O3/c1-8(5-6-17-2)14-11-4-3-9(12(15)16)7-10(11)13/h3-4,7-8,14H,5-6,13H2,1-2H3,(H,15,16). The quantitative estimate of drug-likeness (QED) is 0.658. The van der Waals surface area contributed by atoms with Crippen molar-refractivity contribution in [1.82, 2.24) is 0 Å². The molecule has 1 aromatic carbocycles. The number of ether oxygens (including phenoxy) is 1. The van der Waals surface area contributed by atoms with Gasteiger partial charge in [0.05, 0.1) is 16.9 Å². The number of nitrogen functional groups attached to an aromatic ring is 1. The molecule has 0 aromatic heterocycles. The van der Waals surface area contributed by atoms with Crippen molar-refractivity contribution in [2.45, 2.75) is 19.4 Å². The van der Waals surface area contributed by atoms with Crippen LogP contribution in [0.1, 0.15) is 23.7 Å². The Morgan fingerprint density at radius 2 is 2.29 bits per heavy atom. The third kappa shape index (κ3) is 3.96. The molecule has 0 spiro atoms. The van der Waals surface area contributed by atoms with Crippen LogP contribution in [-0.4, -0.2) is 30.8 Å². The number of aromatic carboxylic acids is 1. The number of carbonyl (C=O) groups is 1. The minimum atomic E-state index is -0.976. The van der Waals surface area contributed by atoms with E-state index in [-0.39, 0.29) is 11.6 Å². The minimum Gasteiger partial charge on any atom is -0.478 e. The van der Waals surface area contributed by atoms with E-state index in [0.29, 0.717) is 12.3 Å². The van der Waals surface area contributed by atoms with Crippen molar-refractivity contribution in [3.63, 3.8) is 0 Å². The van der Waals surface area contributed by atoms with Gasteiger partial charge in [-0.25, -0.2) is 4.79 Å². The number of nitrogens with two attached hydrogens (primary N) is 1. The van der Waals surface area contributed by atoms with Crippen LogP contribution in [0.3, 0.4) is 0 Å². The summed E-state index contributed by atoms with van der Waals surface area (Å²) in [5, 5.41) is 12.0. The van der Waals surface area contributed by atoms with Gasteiger partial charge in [-0.05, 0) is 31.5 Å². The van der Waals surface area contributed by atoms with Gasteiger partial charge in [-0.3, -0.25) is 0 Å². The van der Waals surface area contributed by atoms with Crippen LogP contribution in [0, 0.1) is 0 Å². The van der Waals surface area contributed by atoms with Crippen LogP contribution in [0.4, 0.5) is 11.4 Å². The third-order valence-corrected chi connectivity index (χ3v) is 2.46. The number of methoxy groups -OCH3 is 1. The molecule has 0 bridgehead atoms. The van der Waals surface area contributed by atoms with E-state index in [2.05, 4.69) is 5.32 Å². The SMILES string of the molecule is COCCC(C)Nc1ccc(C(=O)O)cc1N. The van der Waals surface area contributed by atoms with Gasteiger partial charge >= 0.3 is 5.97 Å². The molecule has 94 valence electrons. The monoisotopic (exact) mass is 238 g/mol. The van der Waals surface area contributed by atoms with Gasteiger partial charge in [0.15, 0.2) is 0 Å². The Morgan fingerprint density at radius 3 is 2.82 bits per heavy atom. The fraction of sp³-hybridized carbons (Fsp3) is 0.417. The normalized spacial score (nSPS) is 12.1. The molecule has 4 N–H and O–H groups in total. The average Bonchev–Trinajstić information content (AvgIpc) is 2.28. The van der Waals surface area contributed by atoms with Gasteiger partial charge in [0.2, 0.25) is 0 Å². The van der Waals surface area contributed by atoms with Crippen molar-refractivity contribution in [3.8, 4) is 0 Å². The lowest BCUT2D eigenvalue weighted by atomic mass is 10.1. The van der Waals surface area contributed by atoms with Gasteiger partial charge in [0.25, 0.3) is 0 Å². The first-order chi connectivity index (χ1) is 8.04. The summed E-state index contributed by atoms with van der Waals surface area (Å²) in [6, 6.07) is 4.88. The molecule has 0 aliphatic heterocycles. The lowest BCUT2D eigenvalue weighted by molar-refractivity contribution is 0.0697. The second-order valence-corrected chi connectivity index (χ2v) is 3.93. The first-order valence-electron chi connectivity index (χ1n) is 5.43. The van der Waals surface area contributed by atoms with Crippen LogP contribution in [0.5, 0.6) is 0 Å². The lowest BCUT2D eigenvalue weighted by Crippen LogP contribution is -2.18. The Morgan fingerprint density at radius 1 is 1.59 bits per heavy atom. The summed E-state index contributed by atoms with van der Waals surface area (Å²) in [7, 11) is 1.66. The zero-order valence-electron chi connectivity index (χ0n) is 10.1. The van der Waals surface area contributed by atoms with E-state index in [0.717, 1.165) is 12.1 Å². The second kappa shape index (κ2) is 6.10. The molecular weight excluding hydrogens is 220 g/mol. The molecule has 5 nitrogen and oxygen atoms in total. The highest BCUT2D eigenvalue weighted by molar-refractivity contribution is 5.90. The summed E-state index contributed by atoms with van der Waals surface area (Å²) in [4.78, 5) is 10.7. The van der Waals surface area contributed by atoms with Crippen molar-refractivity contribution in [1.29, 1.82) is 0 Å². The van der Waals surface area contributed by atoms with Gasteiger partial charge in [-0.1, -0.05) is 0 Å². The van der Waals surface area contributed by atoms with E-state index >= 15 is 0 Å². The summed E-state index contributed by atoms with van der Waals surface area (Å²) >= 11 is 0. The van der Waals surface area contributed by atoms with Crippen LogP contribution in [0.2, 0.25) is 0 Å². The van der Waals surface area contributed by atoms with Crippen molar-refractivity contribution in [2.24, 2.45) is 0 Å². The summed E-state index contributed by atoms with van der Waals surface area (Å²) < 4.78 is 4.98. The molecule has 0 fully saturated rings. The number of hydrogen-bond acceptors (Lipinski definition) is 4. The van der Waals surface area contributed by atoms with Crippen molar-refractivity contribution < 1.29 is 14.6 Å². The van der Waals surface area contributed by atoms with Gasteiger partial charge in [0, 0.05) is 19.8 Å². The number of hydrogen-bond donors (Lipinski definition) is 3. The summed E-state index contributed by atoms with van der Waals surface area (Å²) in [5.41, 5.74) is 7.16. The molecule has 5 heteroatoms. The average molecular weight is 238 g/mol. The largest absolute Gasteiger partial charge is 0.478 e. The van der Waals surface area contributed by atoms with Gasteiger partial charge in [0.1, 0.15) is 0 Å². The molecule has 0 amide bonds. The van der Waals surface area contributed by atoms with Crippen LogP contribution in [-0.2, 0) is 4.74 Å². The highest BCUT2D eigenvalue weighted by atomic mass is 16.5. The zero-order chi connectivity index (χ0) is 12.8. The number of nitrogens with one attached hydrogen (secondary N) is 1. The van der Waals surface area contributed by atoms with E-state index in [1.165, 1.54) is 12.1 Å². The predicted octanol–water partition coefficient (Wildman–Crippen LogP) is 1.80. The van der Waals surface area contributed by atoms with Gasteiger partial charge in [-0.2, -0.15) is 0 Å². The first-order valence-corrected chi connectivity index (χ1v) is 5.43.